The molecular weight excluding hydrogens is 285 g/mol. The van der Waals surface area contributed by atoms with Crippen molar-refractivity contribution < 1.29 is 14.4 Å². The summed E-state index contributed by atoms with van der Waals surface area (Å²) >= 11 is 0. The lowest BCUT2D eigenvalue weighted by Gasteiger charge is -2.01. The third-order valence-electron chi connectivity index (χ3n) is 3.09. The average Bonchev–Trinajstić information content (AvgIpc) is 2.85. The Kier molecular flexibility index (Phi) is 2.79. The zero-order valence-corrected chi connectivity index (χ0v) is 11.1. The first-order valence-electron chi connectivity index (χ1n) is 5.81. The van der Waals surface area contributed by atoms with Crippen molar-refractivity contribution in [3.8, 4) is 0 Å². The number of nitrogen functional groups attached to an aromatic ring is 1. The molecule has 3 rings (SSSR count). The molecule has 2 aromatic rings. The number of fused-ring (bicyclic) bond motifs is 1. The van der Waals surface area contributed by atoms with E-state index >= 15 is 0 Å². The molecule has 9 nitrogen and oxygen atoms in total. The van der Waals surface area contributed by atoms with Crippen molar-refractivity contribution in [3.63, 3.8) is 0 Å². The van der Waals surface area contributed by atoms with Crippen molar-refractivity contribution in [3.05, 3.63) is 28.1 Å². The molecule has 1 fully saturated rings. The number of aromatic amines is 1. The van der Waals surface area contributed by atoms with E-state index < -0.39 is 13.2 Å². The summed E-state index contributed by atoms with van der Waals surface area (Å²) in [5.74, 6) is 1.03. The van der Waals surface area contributed by atoms with Gasteiger partial charge in [0.15, 0.2) is 11.2 Å². The molecule has 0 bridgehead atoms. The van der Waals surface area contributed by atoms with Crippen LogP contribution in [0.15, 0.2) is 22.5 Å². The van der Waals surface area contributed by atoms with Crippen LogP contribution in [0.2, 0.25) is 0 Å². The Balaban J connectivity index is 1.89. The molecule has 1 unspecified atom stereocenters. The molecule has 0 radical (unpaired) electrons. The summed E-state index contributed by atoms with van der Waals surface area (Å²) in [4.78, 5) is 39.7. The number of anilines is 1. The Hall–Kier alpha value is -1.96. The Bertz CT molecular complexity index is 817. The molecule has 10 heteroatoms. The summed E-state index contributed by atoms with van der Waals surface area (Å²) in [6, 6.07) is 0. The topological polar surface area (TPSA) is 147 Å². The van der Waals surface area contributed by atoms with Crippen LogP contribution >= 0.6 is 7.60 Å². The second kappa shape index (κ2) is 4.27. The van der Waals surface area contributed by atoms with E-state index in [0.29, 0.717) is 24.2 Å². The quantitative estimate of drug-likeness (QED) is 0.572. The first-order valence-corrected chi connectivity index (χ1v) is 7.49. The number of hydrogen-bond acceptors (Lipinski definition) is 5. The van der Waals surface area contributed by atoms with Crippen molar-refractivity contribution in [1.29, 1.82) is 0 Å². The smallest absolute Gasteiger partial charge is 0.349 e. The standard InChI is InChI=1S/C10H12N5O4P/c11-10-13-8-7(9(16)14-10)12-4-15(8)2-5-1-6(5)3-20(17,18)19/h3-5H,1-2H2,(H2,17,18,19)(H3,11,13,14,16)/b6-3+. The zero-order valence-electron chi connectivity index (χ0n) is 10.2. The number of rotatable bonds is 3. The van der Waals surface area contributed by atoms with Gasteiger partial charge in [-0.3, -0.25) is 14.3 Å². The fourth-order valence-electron chi connectivity index (χ4n) is 2.12. The highest BCUT2D eigenvalue weighted by atomic mass is 31.2. The van der Waals surface area contributed by atoms with E-state index in [1.807, 2.05) is 0 Å². The van der Waals surface area contributed by atoms with Crippen molar-refractivity contribution >= 4 is 24.7 Å². The van der Waals surface area contributed by atoms with Crippen LogP contribution in [0.3, 0.4) is 0 Å². The fraction of sp³-hybridized carbons (Fsp3) is 0.300. The molecule has 5 N–H and O–H groups in total. The van der Waals surface area contributed by atoms with Crippen molar-refractivity contribution in [2.75, 3.05) is 5.73 Å². The number of hydrogen-bond donors (Lipinski definition) is 4. The van der Waals surface area contributed by atoms with Gasteiger partial charge in [0.2, 0.25) is 5.95 Å². The van der Waals surface area contributed by atoms with Gasteiger partial charge in [0.25, 0.3) is 5.56 Å². The van der Waals surface area contributed by atoms with E-state index in [1.54, 1.807) is 4.57 Å². The first-order chi connectivity index (χ1) is 9.33. The molecule has 0 amide bonds. The van der Waals surface area contributed by atoms with E-state index in [4.69, 9.17) is 15.5 Å². The minimum atomic E-state index is -4.13. The number of nitrogens with zero attached hydrogens (tertiary/aromatic N) is 3. The molecule has 0 saturated heterocycles. The maximum atomic E-state index is 11.6. The molecule has 0 spiro atoms. The van der Waals surface area contributed by atoms with Gasteiger partial charge in [-0.1, -0.05) is 5.57 Å². The molecule has 2 aromatic heterocycles. The fourth-order valence-corrected chi connectivity index (χ4v) is 2.87. The lowest BCUT2D eigenvalue weighted by Crippen LogP contribution is -2.12. The van der Waals surface area contributed by atoms with Crippen LogP contribution in [0, 0.1) is 5.92 Å². The second-order valence-electron chi connectivity index (χ2n) is 4.71. The highest BCUT2D eigenvalue weighted by Crippen LogP contribution is 2.48. The number of aromatic nitrogens is 4. The summed E-state index contributed by atoms with van der Waals surface area (Å²) in [6.45, 7) is 0.457. The van der Waals surface area contributed by atoms with Gasteiger partial charge >= 0.3 is 7.60 Å². The average molecular weight is 297 g/mol. The van der Waals surface area contributed by atoms with Crippen LogP contribution < -0.4 is 11.3 Å². The van der Waals surface area contributed by atoms with E-state index in [2.05, 4.69) is 15.0 Å². The molecule has 106 valence electrons. The van der Waals surface area contributed by atoms with Crippen LogP contribution in [0.4, 0.5) is 5.95 Å². The highest BCUT2D eigenvalue weighted by molar-refractivity contribution is 7.55. The summed E-state index contributed by atoms with van der Waals surface area (Å²) in [5, 5.41) is 0. The molecule has 0 aliphatic heterocycles. The van der Waals surface area contributed by atoms with Gasteiger partial charge in [-0.15, -0.1) is 0 Å². The van der Waals surface area contributed by atoms with Gasteiger partial charge in [0, 0.05) is 18.3 Å². The maximum absolute atomic E-state index is 11.6. The second-order valence-corrected chi connectivity index (χ2v) is 6.15. The largest absolute Gasteiger partial charge is 0.369 e. The van der Waals surface area contributed by atoms with E-state index in [-0.39, 0.29) is 17.4 Å². The molecule has 0 aromatic carbocycles. The Morgan fingerprint density at radius 2 is 2.35 bits per heavy atom. The molecular formula is C10H12N5O4P. The third-order valence-corrected chi connectivity index (χ3v) is 3.76. The summed E-state index contributed by atoms with van der Waals surface area (Å²) in [7, 11) is -4.13. The lowest BCUT2D eigenvalue weighted by molar-refractivity contribution is 0.386. The third kappa shape index (κ3) is 2.51. The predicted molar refractivity (Wildman–Crippen MR) is 70.8 cm³/mol. The normalized spacial score (nSPS) is 20.7. The van der Waals surface area contributed by atoms with Crippen molar-refractivity contribution in [1.82, 2.24) is 19.5 Å². The van der Waals surface area contributed by atoms with E-state index in [1.165, 1.54) is 6.33 Å². The predicted octanol–water partition coefficient (Wildman–Crippen LogP) is -0.217. The van der Waals surface area contributed by atoms with Gasteiger partial charge in [-0.05, 0) is 6.42 Å². The summed E-state index contributed by atoms with van der Waals surface area (Å²) in [6.07, 6.45) is 2.09. The Labute approximate surface area is 112 Å². The van der Waals surface area contributed by atoms with Gasteiger partial charge < -0.3 is 20.1 Å². The molecule has 2 heterocycles. The Morgan fingerprint density at radius 3 is 3.05 bits per heavy atom. The van der Waals surface area contributed by atoms with Gasteiger partial charge in [0.05, 0.1) is 6.33 Å². The van der Waals surface area contributed by atoms with Crippen LogP contribution in [-0.2, 0) is 11.1 Å². The molecule has 1 saturated carbocycles. The van der Waals surface area contributed by atoms with Gasteiger partial charge in [-0.2, -0.15) is 4.98 Å². The zero-order chi connectivity index (χ0) is 14.5. The summed E-state index contributed by atoms with van der Waals surface area (Å²) in [5.41, 5.74) is 6.35. The molecule has 20 heavy (non-hydrogen) atoms. The van der Waals surface area contributed by atoms with E-state index in [9.17, 15) is 9.36 Å². The number of nitrogens with two attached hydrogens (primary N) is 1. The Morgan fingerprint density at radius 1 is 1.60 bits per heavy atom. The van der Waals surface area contributed by atoms with Crippen LogP contribution in [0.5, 0.6) is 0 Å². The van der Waals surface area contributed by atoms with Crippen LogP contribution in [0.1, 0.15) is 6.42 Å². The van der Waals surface area contributed by atoms with Gasteiger partial charge in [0.1, 0.15) is 0 Å². The summed E-state index contributed by atoms with van der Waals surface area (Å²) < 4.78 is 12.5. The number of imidazole rings is 1. The lowest BCUT2D eigenvalue weighted by atomic mass is 10.4. The monoisotopic (exact) mass is 297 g/mol. The number of allylic oxidation sites excluding steroid dienone is 1. The van der Waals surface area contributed by atoms with E-state index in [0.717, 1.165) is 5.82 Å². The molecule has 1 aliphatic rings. The van der Waals surface area contributed by atoms with Gasteiger partial charge in [-0.25, -0.2) is 4.98 Å². The van der Waals surface area contributed by atoms with Crippen LogP contribution in [-0.4, -0.2) is 29.3 Å². The minimum absolute atomic E-state index is 0.00558. The number of H-pyrrole nitrogens is 1. The minimum Gasteiger partial charge on any atom is -0.369 e. The maximum Gasteiger partial charge on any atom is 0.349 e. The van der Waals surface area contributed by atoms with Crippen molar-refractivity contribution in [2.24, 2.45) is 5.92 Å². The molecule has 1 aliphatic carbocycles. The first kappa shape index (κ1) is 13.0. The highest BCUT2D eigenvalue weighted by Gasteiger charge is 2.33. The van der Waals surface area contributed by atoms with Crippen molar-refractivity contribution in [2.45, 2.75) is 13.0 Å². The number of nitrogens with one attached hydrogen (secondary N) is 1. The SMILES string of the molecule is Nc1nc2c(ncn2CC2C/C2=C\P(=O)(O)O)c(=O)[nH]1. The molecule has 1 atom stereocenters. The van der Waals surface area contributed by atoms with Crippen LogP contribution in [0.25, 0.3) is 11.2 Å².